The SMILES string of the molecule is C=Cc1ccc(C[N+](C)(C)CC(CC)CCCC)cc1.[Cl-]. The lowest BCUT2D eigenvalue weighted by Gasteiger charge is -2.33. The third-order valence-corrected chi connectivity index (χ3v) is 4.12. The van der Waals surface area contributed by atoms with Gasteiger partial charge in [0.1, 0.15) is 6.54 Å². The first kappa shape index (κ1) is 20.2. The predicted octanol–water partition coefficient (Wildman–Crippen LogP) is 2.13. The van der Waals surface area contributed by atoms with Crippen molar-refractivity contribution in [2.45, 2.75) is 46.1 Å². The molecule has 0 fully saturated rings. The van der Waals surface area contributed by atoms with Crippen LogP contribution in [0.3, 0.4) is 0 Å². The van der Waals surface area contributed by atoms with E-state index in [0.29, 0.717) is 0 Å². The van der Waals surface area contributed by atoms with E-state index in [2.05, 4.69) is 58.8 Å². The fraction of sp³-hybridized carbons (Fsp3) is 0.579. The first-order valence-electron chi connectivity index (χ1n) is 8.04. The molecule has 0 spiro atoms. The molecular weight excluding hydrogens is 278 g/mol. The zero-order valence-corrected chi connectivity index (χ0v) is 15.0. The van der Waals surface area contributed by atoms with E-state index in [1.807, 2.05) is 6.08 Å². The molecule has 0 N–H and O–H groups in total. The summed E-state index contributed by atoms with van der Waals surface area (Å²) < 4.78 is 1.08. The molecule has 21 heavy (non-hydrogen) atoms. The van der Waals surface area contributed by atoms with Crippen LogP contribution in [-0.4, -0.2) is 25.1 Å². The highest BCUT2D eigenvalue weighted by Gasteiger charge is 2.21. The summed E-state index contributed by atoms with van der Waals surface area (Å²) in [7, 11) is 4.71. The number of rotatable bonds is 9. The Bertz CT molecular complexity index is 395. The summed E-state index contributed by atoms with van der Waals surface area (Å²) in [5.74, 6) is 0.859. The van der Waals surface area contributed by atoms with Crippen LogP contribution in [0.5, 0.6) is 0 Å². The second-order valence-electron chi connectivity index (χ2n) is 6.64. The molecule has 0 saturated heterocycles. The maximum Gasteiger partial charge on any atom is 0.104 e. The quantitative estimate of drug-likeness (QED) is 0.613. The zero-order valence-electron chi connectivity index (χ0n) is 14.2. The summed E-state index contributed by atoms with van der Waals surface area (Å²) >= 11 is 0. The Morgan fingerprint density at radius 1 is 1.14 bits per heavy atom. The van der Waals surface area contributed by atoms with E-state index in [1.54, 1.807) is 0 Å². The van der Waals surface area contributed by atoms with E-state index in [1.165, 1.54) is 43.4 Å². The summed E-state index contributed by atoms with van der Waals surface area (Å²) in [4.78, 5) is 0. The minimum absolute atomic E-state index is 0. The summed E-state index contributed by atoms with van der Waals surface area (Å²) in [6.45, 7) is 10.8. The van der Waals surface area contributed by atoms with Gasteiger partial charge >= 0.3 is 0 Å². The van der Waals surface area contributed by atoms with Crippen LogP contribution in [0.2, 0.25) is 0 Å². The second-order valence-corrected chi connectivity index (χ2v) is 6.64. The van der Waals surface area contributed by atoms with E-state index in [4.69, 9.17) is 0 Å². The molecule has 2 heteroatoms. The molecule has 0 saturated carbocycles. The van der Waals surface area contributed by atoms with E-state index in [-0.39, 0.29) is 12.4 Å². The molecule has 1 unspecified atom stereocenters. The number of hydrogen-bond acceptors (Lipinski definition) is 0. The highest BCUT2D eigenvalue weighted by Crippen LogP contribution is 2.19. The molecule has 1 nitrogen and oxygen atoms in total. The standard InChI is InChI=1S/C19H32N.ClH/c1-6-9-10-18(8-3)15-20(4,5)16-19-13-11-17(7-2)12-14-19;/h7,11-14,18H,2,6,8-10,15-16H2,1,3-5H3;1H/q+1;/p-1. The molecule has 1 atom stereocenters. The van der Waals surface area contributed by atoms with Crippen molar-refractivity contribution in [1.82, 2.24) is 0 Å². The van der Waals surface area contributed by atoms with Gasteiger partial charge in [0.25, 0.3) is 0 Å². The predicted molar refractivity (Wildman–Crippen MR) is 90.5 cm³/mol. The van der Waals surface area contributed by atoms with E-state index < -0.39 is 0 Å². The van der Waals surface area contributed by atoms with Crippen molar-refractivity contribution < 1.29 is 16.9 Å². The van der Waals surface area contributed by atoms with Gasteiger partial charge in [-0.1, -0.05) is 63.6 Å². The topological polar surface area (TPSA) is 0 Å². The monoisotopic (exact) mass is 309 g/mol. The molecule has 0 aliphatic rings. The lowest BCUT2D eigenvalue weighted by molar-refractivity contribution is -0.907. The highest BCUT2D eigenvalue weighted by atomic mass is 35.5. The van der Waals surface area contributed by atoms with Gasteiger partial charge in [-0.15, -0.1) is 0 Å². The molecule has 1 aromatic carbocycles. The average Bonchev–Trinajstić information content (AvgIpc) is 2.43. The Morgan fingerprint density at radius 2 is 1.76 bits per heavy atom. The van der Waals surface area contributed by atoms with Crippen LogP contribution >= 0.6 is 0 Å². The Kier molecular flexibility index (Phi) is 9.65. The van der Waals surface area contributed by atoms with Gasteiger partial charge < -0.3 is 16.9 Å². The second kappa shape index (κ2) is 10.0. The average molecular weight is 310 g/mol. The van der Waals surface area contributed by atoms with Crippen LogP contribution in [0.4, 0.5) is 0 Å². The Morgan fingerprint density at radius 3 is 2.24 bits per heavy atom. The maximum atomic E-state index is 3.81. The van der Waals surface area contributed by atoms with Crippen LogP contribution in [-0.2, 0) is 6.54 Å². The molecule has 120 valence electrons. The van der Waals surface area contributed by atoms with Gasteiger partial charge in [0.05, 0.1) is 20.6 Å². The first-order chi connectivity index (χ1) is 9.50. The van der Waals surface area contributed by atoms with Crippen molar-refractivity contribution in [3.05, 3.63) is 42.0 Å². The lowest BCUT2D eigenvalue weighted by atomic mass is 9.97. The zero-order chi connectivity index (χ0) is 15.0. The van der Waals surface area contributed by atoms with Crippen LogP contribution < -0.4 is 12.4 Å². The van der Waals surface area contributed by atoms with Crippen molar-refractivity contribution in [2.24, 2.45) is 5.92 Å². The Balaban J connectivity index is 0.00000400. The fourth-order valence-corrected chi connectivity index (χ4v) is 2.93. The van der Waals surface area contributed by atoms with Crippen LogP contribution in [0, 0.1) is 5.92 Å². The fourth-order valence-electron chi connectivity index (χ4n) is 2.93. The molecule has 1 aromatic rings. The lowest BCUT2D eigenvalue weighted by Crippen LogP contribution is -3.00. The van der Waals surface area contributed by atoms with Gasteiger partial charge in [0.15, 0.2) is 0 Å². The molecule has 0 aliphatic carbocycles. The molecular formula is C19H32ClN. The smallest absolute Gasteiger partial charge is 0.104 e. The van der Waals surface area contributed by atoms with Crippen LogP contribution in [0.1, 0.15) is 50.7 Å². The molecule has 0 aromatic heterocycles. The van der Waals surface area contributed by atoms with Crippen molar-refractivity contribution >= 4 is 6.08 Å². The molecule has 0 amide bonds. The molecule has 0 bridgehead atoms. The van der Waals surface area contributed by atoms with E-state index >= 15 is 0 Å². The normalized spacial score (nSPS) is 12.6. The van der Waals surface area contributed by atoms with Crippen molar-refractivity contribution in [1.29, 1.82) is 0 Å². The summed E-state index contributed by atoms with van der Waals surface area (Å²) in [5.41, 5.74) is 2.62. The highest BCUT2D eigenvalue weighted by molar-refractivity contribution is 5.47. The van der Waals surface area contributed by atoms with Crippen LogP contribution in [0.15, 0.2) is 30.8 Å². The van der Waals surface area contributed by atoms with Gasteiger partial charge in [-0.3, -0.25) is 0 Å². The third kappa shape index (κ3) is 7.68. The van der Waals surface area contributed by atoms with Crippen molar-refractivity contribution in [3.63, 3.8) is 0 Å². The Hall–Kier alpha value is -0.790. The molecule has 0 radical (unpaired) electrons. The molecule has 0 heterocycles. The van der Waals surface area contributed by atoms with E-state index in [0.717, 1.165) is 16.9 Å². The van der Waals surface area contributed by atoms with Gasteiger partial charge in [0.2, 0.25) is 0 Å². The maximum absolute atomic E-state index is 3.81. The summed E-state index contributed by atoms with van der Waals surface area (Å²) in [5, 5.41) is 0. The number of unbranched alkanes of at least 4 members (excludes halogenated alkanes) is 1. The van der Waals surface area contributed by atoms with Gasteiger partial charge in [-0.2, -0.15) is 0 Å². The molecule has 1 rings (SSSR count). The third-order valence-electron chi connectivity index (χ3n) is 4.12. The number of hydrogen-bond donors (Lipinski definition) is 0. The number of nitrogens with zero attached hydrogens (tertiary/aromatic N) is 1. The van der Waals surface area contributed by atoms with Crippen molar-refractivity contribution in [3.8, 4) is 0 Å². The first-order valence-corrected chi connectivity index (χ1v) is 8.04. The van der Waals surface area contributed by atoms with Crippen LogP contribution in [0.25, 0.3) is 6.08 Å². The van der Waals surface area contributed by atoms with Gasteiger partial charge in [-0.25, -0.2) is 0 Å². The van der Waals surface area contributed by atoms with Crippen molar-refractivity contribution in [2.75, 3.05) is 20.6 Å². The number of benzene rings is 1. The molecule has 0 aliphatic heterocycles. The number of halogens is 1. The van der Waals surface area contributed by atoms with E-state index in [9.17, 15) is 0 Å². The Labute approximate surface area is 138 Å². The largest absolute Gasteiger partial charge is 1.00 e. The minimum Gasteiger partial charge on any atom is -1.00 e. The summed E-state index contributed by atoms with van der Waals surface area (Å²) in [6.07, 6.45) is 7.27. The number of quaternary nitrogens is 1. The van der Waals surface area contributed by atoms with Gasteiger partial charge in [-0.05, 0) is 18.4 Å². The summed E-state index contributed by atoms with van der Waals surface area (Å²) in [6, 6.07) is 8.81. The van der Waals surface area contributed by atoms with Gasteiger partial charge in [0, 0.05) is 11.5 Å². The minimum atomic E-state index is 0.